The molecule has 1 amide bonds. The van der Waals surface area contributed by atoms with Crippen LogP contribution < -0.4 is 5.32 Å². The van der Waals surface area contributed by atoms with Crippen LogP contribution in [0.15, 0.2) is 41.6 Å². The maximum Gasteiger partial charge on any atom is 0.447 e. The third-order valence-corrected chi connectivity index (χ3v) is 3.60. The first kappa shape index (κ1) is 17.7. The van der Waals surface area contributed by atoms with Gasteiger partial charge in [-0.2, -0.15) is 18.4 Å². The highest BCUT2D eigenvalue weighted by atomic mass is 32.2. The molecule has 1 N–H and O–H groups in total. The number of alkyl halides is 3. The number of amides is 1. The fourth-order valence-electron chi connectivity index (χ4n) is 1.79. The molecule has 1 aromatic carbocycles. The largest absolute Gasteiger partial charge is 0.447 e. The van der Waals surface area contributed by atoms with E-state index in [2.05, 4.69) is 10.3 Å². The molecule has 0 fully saturated rings. The summed E-state index contributed by atoms with van der Waals surface area (Å²) in [6, 6.07) is 8.01. The Balaban J connectivity index is 2.12. The highest BCUT2D eigenvalue weighted by Crippen LogP contribution is 2.37. The average Bonchev–Trinajstić information content (AvgIpc) is 2.52. The standard InChI is InChI=1S/C15H9F4N3OS/c16-12-6-9(7-20)3-4-10(12)8-22-13(23)11-2-1-5-21-14(11)24-15(17,18)19/h1-6H,8H2,(H,22,23). The molecule has 0 atom stereocenters. The van der Waals surface area contributed by atoms with Crippen molar-refractivity contribution in [3.05, 3.63) is 59.0 Å². The first-order chi connectivity index (χ1) is 11.3. The number of halogens is 4. The molecule has 0 radical (unpaired) electrons. The highest BCUT2D eigenvalue weighted by molar-refractivity contribution is 8.00. The number of nitrogens with one attached hydrogen (secondary N) is 1. The van der Waals surface area contributed by atoms with Gasteiger partial charge in [-0.15, -0.1) is 0 Å². The molecular weight excluding hydrogens is 346 g/mol. The van der Waals surface area contributed by atoms with Crippen molar-refractivity contribution >= 4 is 17.7 Å². The molecule has 0 aliphatic heterocycles. The van der Waals surface area contributed by atoms with Crippen molar-refractivity contribution in [3.63, 3.8) is 0 Å². The maximum atomic E-state index is 13.7. The Morgan fingerprint density at radius 3 is 2.71 bits per heavy atom. The predicted octanol–water partition coefficient (Wildman–Crippen LogP) is 3.63. The van der Waals surface area contributed by atoms with Crippen molar-refractivity contribution in [1.29, 1.82) is 5.26 Å². The SMILES string of the molecule is N#Cc1ccc(CNC(=O)c2cccnc2SC(F)(F)F)c(F)c1. The molecule has 2 aromatic rings. The minimum atomic E-state index is -4.58. The van der Waals surface area contributed by atoms with E-state index in [0.29, 0.717) is 0 Å². The van der Waals surface area contributed by atoms with Gasteiger partial charge in [0.15, 0.2) is 0 Å². The smallest absolute Gasteiger partial charge is 0.348 e. The molecule has 24 heavy (non-hydrogen) atoms. The predicted molar refractivity (Wildman–Crippen MR) is 78.4 cm³/mol. The molecule has 0 unspecified atom stereocenters. The van der Waals surface area contributed by atoms with Crippen molar-refractivity contribution in [2.24, 2.45) is 0 Å². The van der Waals surface area contributed by atoms with Crippen molar-refractivity contribution in [2.45, 2.75) is 17.1 Å². The summed E-state index contributed by atoms with van der Waals surface area (Å²) in [6.07, 6.45) is 1.14. The van der Waals surface area contributed by atoms with Gasteiger partial charge in [0.1, 0.15) is 10.8 Å². The van der Waals surface area contributed by atoms with Gasteiger partial charge in [-0.3, -0.25) is 4.79 Å². The Morgan fingerprint density at radius 1 is 1.33 bits per heavy atom. The maximum absolute atomic E-state index is 13.7. The van der Waals surface area contributed by atoms with Crippen LogP contribution >= 0.6 is 11.8 Å². The number of nitrogens with zero attached hydrogens (tertiary/aromatic N) is 2. The number of hydrogen-bond donors (Lipinski definition) is 1. The molecule has 1 heterocycles. The number of aromatic nitrogens is 1. The summed E-state index contributed by atoms with van der Waals surface area (Å²) in [6.45, 7) is -0.235. The van der Waals surface area contributed by atoms with Gasteiger partial charge in [-0.05, 0) is 24.3 Å². The van der Waals surface area contributed by atoms with Crippen LogP contribution in [0.1, 0.15) is 21.5 Å². The fraction of sp³-hybridized carbons (Fsp3) is 0.133. The second kappa shape index (κ2) is 7.31. The molecule has 0 bridgehead atoms. The van der Waals surface area contributed by atoms with Crippen LogP contribution in [0, 0.1) is 17.1 Å². The Morgan fingerprint density at radius 2 is 2.08 bits per heavy atom. The van der Waals surface area contributed by atoms with Crippen LogP contribution in [0.4, 0.5) is 17.6 Å². The number of carbonyl (C=O) groups is 1. The lowest BCUT2D eigenvalue weighted by Gasteiger charge is -2.11. The summed E-state index contributed by atoms with van der Waals surface area (Å²) in [5, 5.41) is 10.5. The van der Waals surface area contributed by atoms with Crippen LogP contribution in [0.2, 0.25) is 0 Å². The number of pyridine rings is 1. The normalized spacial score (nSPS) is 11.0. The summed E-state index contributed by atoms with van der Waals surface area (Å²) in [5.74, 6) is -1.50. The number of nitriles is 1. The van der Waals surface area contributed by atoms with Crippen molar-refractivity contribution in [1.82, 2.24) is 10.3 Å². The highest BCUT2D eigenvalue weighted by Gasteiger charge is 2.32. The van der Waals surface area contributed by atoms with Gasteiger partial charge in [0, 0.05) is 30.1 Å². The van der Waals surface area contributed by atoms with E-state index < -0.39 is 34.0 Å². The van der Waals surface area contributed by atoms with Gasteiger partial charge < -0.3 is 5.32 Å². The van der Waals surface area contributed by atoms with Crippen LogP contribution in [0.3, 0.4) is 0 Å². The van der Waals surface area contributed by atoms with Gasteiger partial charge in [0.05, 0.1) is 17.2 Å². The van der Waals surface area contributed by atoms with E-state index in [1.54, 1.807) is 6.07 Å². The Labute approximate surface area is 138 Å². The van der Waals surface area contributed by atoms with E-state index in [4.69, 9.17) is 5.26 Å². The van der Waals surface area contributed by atoms with Gasteiger partial charge in [-0.1, -0.05) is 6.07 Å². The molecule has 4 nitrogen and oxygen atoms in total. The number of rotatable bonds is 4. The Kier molecular flexibility index (Phi) is 5.41. The third-order valence-electron chi connectivity index (χ3n) is 2.85. The molecule has 2 rings (SSSR count). The van der Waals surface area contributed by atoms with E-state index in [-0.39, 0.29) is 23.2 Å². The third kappa shape index (κ3) is 4.70. The molecule has 0 aliphatic carbocycles. The van der Waals surface area contributed by atoms with Crippen LogP contribution in [-0.2, 0) is 6.54 Å². The van der Waals surface area contributed by atoms with E-state index in [1.165, 1.54) is 24.3 Å². The number of benzene rings is 1. The average molecular weight is 355 g/mol. The number of carbonyl (C=O) groups excluding carboxylic acids is 1. The lowest BCUT2D eigenvalue weighted by molar-refractivity contribution is -0.0329. The number of hydrogen-bond acceptors (Lipinski definition) is 4. The van der Waals surface area contributed by atoms with Crippen molar-refractivity contribution in [3.8, 4) is 6.07 Å². The van der Waals surface area contributed by atoms with Gasteiger partial charge >= 0.3 is 5.51 Å². The molecule has 0 saturated heterocycles. The summed E-state index contributed by atoms with van der Waals surface area (Å²) >= 11 is -0.497. The van der Waals surface area contributed by atoms with Crippen molar-refractivity contribution < 1.29 is 22.4 Å². The second-order valence-electron chi connectivity index (χ2n) is 4.50. The lowest BCUT2D eigenvalue weighted by atomic mass is 10.1. The lowest BCUT2D eigenvalue weighted by Crippen LogP contribution is -2.24. The van der Waals surface area contributed by atoms with Crippen LogP contribution in [-0.4, -0.2) is 16.4 Å². The monoisotopic (exact) mass is 355 g/mol. The van der Waals surface area contributed by atoms with Gasteiger partial charge in [0.25, 0.3) is 5.91 Å². The molecular formula is C15H9F4N3OS. The molecule has 0 aliphatic rings. The first-order valence-electron chi connectivity index (χ1n) is 6.47. The van der Waals surface area contributed by atoms with Crippen LogP contribution in [0.5, 0.6) is 0 Å². The summed E-state index contributed by atoms with van der Waals surface area (Å²) < 4.78 is 51.1. The van der Waals surface area contributed by atoms with E-state index in [0.717, 1.165) is 12.3 Å². The fourth-order valence-corrected chi connectivity index (χ4v) is 2.39. The Hall–Kier alpha value is -2.60. The minimum Gasteiger partial charge on any atom is -0.348 e. The summed E-state index contributed by atoms with van der Waals surface area (Å²) in [4.78, 5) is 15.6. The zero-order chi connectivity index (χ0) is 17.7. The minimum absolute atomic E-state index is 0.108. The molecule has 1 aromatic heterocycles. The quantitative estimate of drug-likeness (QED) is 0.672. The first-order valence-corrected chi connectivity index (χ1v) is 7.29. The molecule has 0 saturated carbocycles. The zero-order valence-corrected chi connectivity index (χ0v) is 12.7. The van der Waals surface area contributed by atoms with Crippen molar-refractivity contribution in [2.75, 3.05) is 0 Å². The molecule has 0 spiro atoms. The van der Waals surface area contributed by atoms with Gasteiger partial charge in [-0.25, -0.2) is 9.37 Å². The van der Waals surface area contributed by atoms with E-state index >= 15 is 0 Å². The van der Waals surface area contributed by atoms with E-state index in [9.17, 15) is 22.4 Å². The van der Waals surface area contributed by atoms with E-state index in [1.807, 2.05) is 0 Å². The second-order valence-corrected chi connectivity index (χ2v) is 5.56. The summed E-state index contributed by atoms with van der Waals surface area (Å²) in [5.41, 5.74) is -4.60. The van der Waals surface area contributed by atoms with Gasteiger partial charge in [0.2, 0.25) is 0 Å². The topological polar surface area (TPSA) is 65.8 Å². The molecule has 9 heteroatoms. The summed E-state index contributed by atoms with van der Waals surface area (Å²) in [7, 11) is 0. The Bertz CT molecular complexity index is 802. The van der Waals surface area contributed by atoms with Crippen LogP contribution in [0.25, 0.3) is 0 Å². The number of thioether (sulfide) groups is 1. The zero-order valence-electron chi connectivity index (χ0n) is 11.9. The molecule has 124 valence electrons.